The van der Waals surface area contributed by atoms with Crippen LogP contribution in [0.1, 0.15) is 79.0 Å². The van der Waals surface area contributed by atoms with Gasteiger partial charge in [-0.3, -0.25) is 14.0 Å². The molecule has 206 valence electrons. The monoisotopic (exact) mass is 561 g/mol. The minimum atomic E-state index is -0.806. The number of anilines is 2. The van der Waals surface area contributed by atoms with E-state index in [2.05, 4.69) is 10.3 Å². The first-order valence-corrected chi connectivity index (χ1v) is 13.8. The fourth-order valence-corrected chi connectivity index (χ4v) is 5.88. The third-order valence-electron chi connectivity index (χ3n) is 8.32. The molecule has 4 aromatic rings. The van der Waals surface area contributed by atoms with E-state index in [-0.39, 0.29) is 17.0 Å². The summed E-state index contributed by atoms with van der Waals surface area (Å²) in [6, 6.07) is 11.4. The lowest BCUT2D eigenvalue weighted by molar-refractivity contribution is -0.150. The molecule has 3 aromatic heterocycles. The molecule has 40 heavy (non-hydrogen) atoms. The molecule has 1 aromatic carbocycles. The van der Waals surface area contributed by atoms with Crippen LogP contribution < -0.4 is 11.1 Å². The van der Waals surface area contributed by atoms with Crippen molar-refractivity contribution < 1.29 is 19.1 Å². The number of hydrogen-bond donors (Lipinski definition) is 3. The van der Waals surface area contributed by atoms with Gasteiger partial charge in [-0.1, -0.05) is 11.6 Å². The van der Waals surface area contributed by atoms with Gasteiger partial charge in [0.1, 0.15) is 28.3 Å². The Morgan fingerprint density at radius 2 is 1.85 bits per heavy atom. The van der Waals surface area contributed by atoms with Gasteiger partial charge in [-0.15, -0.1) is 0 Å². The Morgan fingerprint density at radius 3 is 2.52 bits per heavy atom. The third kappa shape index (κ3) is 4.68. The van der Waals surface area contributed by atoms with E-state index in [0.717, 1.165) is 18.4 Å². The number of carboxylic acids is 1. The van der Waals surface area contributed by atoms with Crippen LogP contribution in [-0.2, 0) is 4.79 Å². The molecule has 0 spiro atoms. The normalized spacial score (nSPS) is 20.9. The second kappa shape index (κ2) is 9.89. The number of nitrogens with two attached hydrogens (primary N) is 1. The van der Waals surface area contributed by atoms with Crippen molar-refractivity contribution in [2.45, 2.75) is 57.3 Å². The zero-order valence-electron chi connectivity index (χ0n) is 22.0. The molecule has 0 atom stereocenters. The molecule has 6 rings (SSSR count). The van der Waals surface area contributed by atoms with Crippen molar-refractivity contribution in [3.05, 3.63) is 76.6 Å². The number of nitrogen functional groups attached to an aromatic ring is 1. The number of carboxylic acid groups (broad SMARTS) is 1. The number of nitrogens with zero attached hydrogens (tertiary/aromatic N) is 3. The first kappa shape index (κ1) is 26.3. The van der Waals surface area contributed by atoms with Crippen LogP contribution in [0.15, 0.2) is 48.7 Å². The van der Waals surface area contributed by atoms with Crippen molar-refractivity contribution in [1.29, 1.82) is 0 Å². The van der Waals surface area contributed by atoms with E-state index in [9.17, 15) is 14.7 Å². The Hall–Kier alpha value is -3.98. The van der Waals surface area contributed by atoms with Gasteiger partial charge in [0, 0.05) is 23.2 Å². The first-order valence-electron chi connectivity index (χ1n) is 13.4. The molecule has 0 unspecified atom stereocenters. The Bertz CT molecular complexity index is 1660. The summed E-state index contributed by atoms with van der Waals surface area (Å²) in [5.41, 5.74) is 8.22. The van der Waals surface area contributed by atoms with E-state index in [4.69, 9.17) is 22.3 Å². The zero-order valence-corrected chi connectivity index (χ0v) is 22.7. The summed E-state index contributed by atoms with van der Waals surface area (Å²) in [7, 11) is 0. The molecule has 1 amide bonds. The van der Waals surface area contributed by atoms with Gasteiger partial charge in [0.25, 0.3) is 5.91 Å². The molecule has 0 saturated heterocycles. The summed E-state index contributed by atoms with van der Waals surface area (Å²) in [5, 5.41) is 12.8. The molecule has 2 aliphatic rings. The predicted octanol–water partition coefficient (Wildman–Crippen LogP) is 6.65. The predicted molar refractivity (Wildman–Crippen MR) is 151 cm³/mol. The molecule has 0 aliphatic heterocycles. The van der Waals surface area contributed by atoms with E-state index < -0.39 is 23.1 Å². The van der Waals surface area contributed by atoms with Crippen molar-refractivity contribution >= 4 is 40.5 Å². The molecule has 2 saturated carbocycles. The molecule has 2 aliphatic carbocycles. The summed E-state index contributed by atoms with van der Waals surface area (Å²) in [6.07, 6.45) is 6.12. The van der Waals surface area contributed by atoms with Crippen molar-refractivity contribution in [2.24, 2.45) is 5.41 Å². The fraction of sp³-hybridized carbons (Fsp3) is 0.333. The minimum Gasteiger partial charge on any atom is -0.481 e. The SMILES string of the molecule is CC1(C(=O)O)CCC(c2nc(-c3ccc(C(=O)Nc4cc(C5CC5)ccn4)cc3F)c3c(N)ccc(Cl)n23)CC1. The molecular formula is C30H29ClFN5O3. The topological polar surface area (TPSA) is 123 Å². The van der Waals surface area contributed by atoms with Crippen molar-refractivity contribution in [3.8, 4) is 11.3 Å². The van der Waals surface area contributed by atoms with Crippen LogP contribution in [0.5, 0.6) is 0 Å². The van der Waals surface area contributed by atoms with Crippen LogP contribution in [0.2, 0.25) is 5.15 Å². The van der Waals surface area contributed by atoms with Gasteiger partial charge in [0.2, 0.25) is 0 Å². The van der Waals surface area contributed by atoms with E-state index in [1.165, 1.54) is 12.1 Å². The highest BCUT2D eigenvalue weighted by atomic mass is 35.5. The minimum absolute atomic E-state index is 0.0695. The molecule has 10 heteroatoms. The second-order valence-corrected chi connectivity index (χ2v) is 11.5. The molecule has 2 fully saturated rings. The van der Waals surface area contributed by atoms with E-state index >= 15 is 4.39 Å². The van der Waals surface area contributed by atoms with Crippen LogP contribution >= 0.6 is 11.6 Å². The highest BCUT2D eigenvalue weighted by Gasteiger charge is 2.39. The molecule has 8 nitrogen and oxygen atoms in total. The lowest BCUT2D eigenvalue weighted by atomic mass is 9.71. The Balaban J connectivity index is 1.33. The molecule has 3 heterocycles. The van der Waals surface area contributed by atoms with E-state index in [1.54, 1.807) is 35.7 Å². The van der Waals surface area contributed by atoms with Crippen LogP contribution in [-0.4, -0.2) is 31.4 Å². The molecule has 0 radical (unpaired) electrons. The van der Waals surface area contributed by atoms with E-state index in [0.29, 0.717) is 65.3 Å². The maximum Gasteiger partial charge on any atom is 0.309 e. The molecule has 4 N–H and O–H groups in total. The number of aromatic nitrogens is 3. The zero-order chi connectivity index (χ0) is 28.2. The third-order valence-corrected chi connectivity index (χ3v) is 8.62. The van der Waals surface area contributed by atoms with Crippen LogP contribution in [0.25, 0.3) is 16.8 Å². The number of imidazole rings is 1. The lowest BCUT2D eigenvalue weighted by Crippen LogP contribution is -2.32. The van der Waals surface area contributed by atoms with Gasteiger partial charge in [0.15, 0.2) is 0 Å². The largest absolute Gasteiger partial charge is 0.481 e. The second-order valence-electron chi connectivity index (χ2n) is 11.2. The number of fused-ring (bicyclic) bond motifs is 1. The number of aliphatic carboxylic acids is 1. The number of hydrogen-bond acceptors (Lipinski definition) is 5. The summed E-state index contributed by atoms with van der Waals surface area (Å²) in [5.74, 6) is -0.399. The average molecular weight is 562 g/mol. The lowest BCUT2D eigenvalue weighted by Gasteiger charge is -2.33. The van der Waals surface area contributed by atoms with Gasteiger partial charge in [-0.2, -0.15) is 0 Å². The van der Waals surface area contributed by atoms with Gasteiger partial charge in [-0.25, -0.2) is 14.4 Å². The maximum atomic E-state index is 15.6. The summed E-state index contributed by atoms with van der Waals surface area (Å²) in [6.45, 7) is 1.76. The number of carbonyl (C=O) groups is 2. The number of halogens is 2. The van der Waals surface area contributed by atoms with Crippen molar-refractivity contribution in [1.82, 2.24) is 14.4 Å². The van der Waals surface area contributed by atoms with Gasteiger partial charge >= 0.3 is 5.97 Å². The number of carbonyl (C=O) groups excluding carboxylic acids is 1. The summed E-state index contributed by atoms with van der Waals surface area (Å²) in [4.78, 5) is 33.7. The smallest absolute Gasteiger partial charge is 0.309 e. The first-order chi connectivity index (χ1) is 19.1. The highest BCUT2D eigenvalue weighted by molar-refractivity contribution is 6.30. The fourth-order valence-electron chi connectivity index (χ4n) is 5.64. The summed E-state index contributed by atoms with van der Waals surface area (Å²) >= 11 is 6.60. The van der Waals surface area contributed by atoms with Crippen molar-refractivity contribution in [3.63, 3.8) is 0 Å². The Kier molecular flexibility index (Phi) is 6.49. The Morgan fingerprint density at radius 1 is 1.10 bits per heavy atom. The molecular weight excluding hydrogens is 533 g/mol. The van der Waals surface area contributed by atoms with Gasteiger partial charge < -0.3 is 16.2 Å². The summed E-state index contributed by atoms with van der Waals surface area (Å²) < 4.78 is 17.4. The maximum absolute atomic E-state index is 15.6. The van der Waals surface area contributed by atoms with Crippen molar-refractivity contribution in [2.75, 3.05) is 11.1 Å². The average Bonchev–Trinajstić information content (AvgIpc) is 3.71. The quantitative estimate of drug-likeness (QED) is 0.226. The van der Waals surface area contributed by atoms with Gasteiger partial charge in [-0.05, 0) is 99.4 Å². The number of nitrogens with one attached hydrogen (secondary N) is 1. The number of benzene rings is 1. The van der Waals surface area contributed by atoms with Crippen LogP contribution in [0.3, 0.4) is 0 Å². The number of pyridine rings is 2. The van der Waals surface area contributed by atoms with Crippen LogP contribution in [0.4, 0.5) is 15.9 Å². The number of amides is 1. The van der Waals surface area contributed by atoms with Crippen LogP contribution in [0, 0.1) is 11.2 Å². The number of rotatable bonds is 6. The standard InChI is InChI=1S/C30H29ClFN5O3/c1-30(29(39)40)11-8-17(9-12-30)27-36-25(26-22(33)6-7-23(31)37(26)27)20-5-4-19(14-21(20)32)28(38)35-24-15-18(10-13-34-24)16-2-3-16/h4-7,10,13-17H,2-3,8-9,11-12,33H2,1H3,(H,39,40)(H,34,35,38). The molecule has 0 bridgehead atoms. The highest BCUT2D eigenvalue weighted by Crippen LogP contribution is 2.45. The Labute approximate surface area is 235 Å². The van der Waals surface area contributed by atoms with E-state index in [1.807, 2.05) is 12.1 Å². The van der Waals surface area contributed by atoms with Gasteiger partial charge in [0.05, 0.1) is 16.6 Å².